The highest BCUT2D eigenvalue weighted by Crippen LogP contribution is 2.17. The normalized spacial score (nSPS) is 10.9. The molecule has 0 aromatic heterocycles. The first kappa shape index (κ1) is 15.0. The standard InChI is InChI=1S/C16H20O3/c1-4-6-7-14(16(17)19-5-2)12-13-8-10-15(18-3)11-9-13/h4,8-12H,1,5-7H2,2-3H3/b14-12+. The van der Waals surface area contributed by atoms with Crippen LogP contribution in [0.4, 0.5) is 0 Å². The Labute approximate surface area is 114 Å². The second kappa shape index (κ2) is 8.14. The van der Waals surface area contributed by atoms with Gasteiger partial charge in [0.1, 0.15) is 5.75 Å². The van der Waals surface area contributed by atoms with Gasteiger partial charge in [-0.3, -0.25) is 0 Å². The van der Waals surface area contributed by atoms with Crippen molar-refractivity contribution in [3.63, 3.8) is 0 Å². The Balaban J connectivity index is 2.90. The number of hydrogen-bond acceptors (Lipinski definition) is 3. The molecule has 0 aliphatic carbocycles. The Morgan fingerprint density at radius 3 is 2.53 bits per heavy atom. The first-order valence-corrected chi connectivity index (χ1v) is 6.34. The van der Waals surface area contributed by atoms with Crippen molar-refractivity contribution in [2.75, 3.05) is 13.7 Å². The third-order valence-electron chi connectivity index (χ3n) is 2.61. The van der Waals surface area contributed by atoms with Crippen molar-refractivity contribution in [2.45, 2.75) is 19.8 Å². The summed E-state index contributed by atoms with van der Waals surface area (Å²) in [5.41, 5.74) is 1.61. The van der Waals surface area contributed by atoms with Crippen molar-refractivity contribution in [3.05, 3.63) is 48.1 Å². The van der Waals surface area contributed by atoms with Gasteiger partial charge in [-0.05, 0) is 43.5 Å². The molecule has 1 aromatic rings. The molecule has 0 heterocycles. The van der Waals surface area contributed by atoms with Gasteiger partial charge in [0.15, 0.2) is 0 Å². The SMILES string of the molecule is C=CCC/C(=C\c1ccc(OC)cc1)C(=O)OCC. The maximum absolute atomic E-state index is 11.8. The molecule has 0 bridgehead atoms. The third kappa shape index (κ3) is 5.00. The average molecular weight is 260 g/mol. The minimum atomic E-state index is -0.264. The van der Waals surface area contributed by atoms with Gasteiger partial charge < -0.3 is 9.47 Å². The number of benzene rings is 1. The minimum Gasteiger partial charge on any atom is -0.497 e. The lowest BCUT2D eigenvalue weighted by atomic mass is 10.1. The topological polar surface area (TPSA) is 35.5 Å². The van der Waals surface area contributed by atoms with Gasteiger partial charge in [0.2, 0.25) is 0 Å². The van der Waals surface area contributed by atoms with Crippen LogP contribution in [0.15, 0.2) is 42.5 Å². The number of hydrogen-bond donors (Lipinski definition) is 0. The molecular formula is C16H20O3. The fraction of sp³-hybridized carbons (Fsp3) is 0.312. The molecule has 0 radical (unpaired) electrons. The zero-order chi connectivity index (χ0) is 14.1. The summed E-state index contributed by atoms with van der Waals surface area (Å²) in [4.78, 5) is 11.8. The van der Waals surface area contributed by atoms with E-state index in [0.717, 1.165) is 17.7 Å². The van der Waals surface area contributed by atoms with Crippen LogP contribution in [-0.2, 0) is 9.53 Å². The molecule has 0 N–H and O–H groups in total. The highest BCUT2D eigenvalue weighted by atomic mass is 16.5. The van der Waals surface area contributed by atoms with Crippen molar-refractivity contribution in [1.29, 1.82) is 0 Å². The van der Waals surface area contributed by atoms with Gasteiger partial charge in [0.25, 0.3) is 0 Å². The largest absolute Gasteiger partial charge is 0.497 e. The van der Waals surface area contributed by atoms with Crippen molar-refractivity contribution < 1.29 is 14.3 Å². The summed E-state index contributed by atoms with van der Waals surface area (Å²) in [5, 5.41) is 0. The van der Waals surface area contributed by atoms with Gasteiger partial charge in [-0.2, -0.15) is 0 Å². The quantitative estimate of drug-likeness (QED) is 0.427. The van der Waals surface area contributed by atoms with Crippen LogP contribution >= 0.6 is 0 Å². The average Bonchev–Trinajstić information content (AvgIpc) is 2.44. The van der Waals surface area contributed by atoms with Gasteiger partial charge in [-0.1, -0.05) is 18.2 Å². The fourth-order valence-electron chi connectivity index (χ4n) is 1.62. The number of carbonyl (C=O) groups is 1. The van der Waals surface area contributed by atoms with E-state index in [1.807, 2.05) is 30.3 Å². The van der Waals surface area contributed by atoms with Gasteiger partial charge >= 0.3 is 5.97 Å². The molecule has 3 heteroatoms. The maximum atomic E-state index is 11.8. The molecule has 3 nitrogen and oxygen atoms in total. The van der Waals surface area contributed by atoms with Gasteiger partial charge in [0.05, 0.1) is 13.7 Å². The molecule has 0 fully saturated rings. The Morgan fingerprint density at radius 2 is 2.00 bits per heavy atom. The molecule has 0 unspecified atom stereocenters. The lowest BCUT2D eigenvalue weighted by Crippen LogP contribution is -2.07. The number of allylic oxidation sites excluding steroid dienone is 1. The van der Waals surface area contributed by atoms with Crippen LogP contribution < -0.4 is 4.74 Å². The van der Waals surface area contributed by atoms with E-state index in [4.69, 9.17) is 9.47 Å². The van der Waals surface area contributed by atoms with E-state index in [-0.39, 0.29) is 5.97 Å². The van der Waals surface area contributed by atoms with Crippen LogP contribution in [0.25, 0.3) is 6.08 Å². The predicted octanol–water partition coefficient (Wildman–Crippen LogP) is 3.61. The fourth-order valence-corrected chi connectivity index (χ4v) is 1.62. The molecule has 0 saturated heterocycles. The molecule has 0 atom stereocenters. The Morgan fingerprint density at radius 1 is 1.32 bits per heavy atom. The van der Waals surface area contributed by atoms with Crippen molar-refractivity contribution >= 4 is 12.0 Å². The van der Waals surface area contributed by atoms with Crippen molar-refractivity contribution in [2.24, 2.45) is 0 Å². The zero-order valence-electron chi connectivity index (χ0n) is 11.5. The molecule has 0 aliphatic rings. The highest BCUT2D eigenvalue weighted by molar-refractivity contribution is 5.93. The van der Waals surface area contributed by atoms with Gasteiger partial charge in [-0.15, -0.1) is 6.58 Å². The number of methoxy groups -OCH3 is 1. The molecule has 0 saturated carbocycles. The minimum absolute atomic E-state index is 0.264. The van der Waals surface area contributed by atoms with E-state index in [1.54, 1.807) is 20.1 Å². The van der Waals surface area contributed by atoms with Crippen LogP contribution in [0.1, 0.15) is 25.3 Å². The maximum Gasteiger partial charge on any atom is 0.334 e. The third-order valence-corrected chi connectivity index (χ3v) is 2.61. The number of ether oxygens (including phenoxy) is 2. The van der Waals surface area contributed by atoms with Crippen LogP contribution in [-0.4, -0.2) is 19.7 Å². The molecule has 0 aliphatic heterocycles. The van der Waals surface area contributed by atoms with E-state index in [9.17, 15) is 4.79 Å². The summed E-state index contributed by atoms with van der Waals surface area (Å²) in [6.07, 6.45) is 5.02. The summed E-state index contributed by atoms with van der Waals surface area (Å²) in [7, 11) is 1.62. The summed E-state index contributed by atoms with van der Waals surface area (Å²) < 4.78 is 10.2. The Bertz CT molecular complexity index is 444. The number of rotatable bonds is 7. The lowest BCUT2D eigenvalue weighted by Gasteiger charge is -2.06. The van der Waals surface area contributed by atoms with E-state index in [2.05, 4.69) is 6.58 Å². The van der Waals surface area contributed by atoms with Crippen molar-refractivity contribution in [3.8, 4) is 5.75 Å². The lowest BCUT2D eigenvalue weighted by molar-refractivity contribution is -0.138. The van der Waals surface area contributed by atoms with E-state index in [1.165, 1.54) is 0 Å². The monoisotopic (exact) mass is 260 g/mol. The van der Waals surface area contributed by atoms with E-state index >= 15 is 0 Å². The first-order valence-electron chi connectivity index (χ1n) is 6.34. The first-order chi connectivity index (χ1) is 9.21. The molecular weight excluding hydrogens is 240 g/mol. The van der Waals surface area contributed by atoms with Crippen LogP contribution in [0.3, 0.4) is 0 Å². The number of carbonyl (C=O) groups excluding carboxylic acids is 1. The molecule has 0 spiro atoms. The predicted molar refractivity (Wildman–Crippen MR) is 77.0 cm³/mol. The smallest absolute Gasteiger partial charge is 0.334 e. The summed E-state index contributed by atoms with van der Waals surface area (Å²) in [6.45, 7) is 5.86. The van der Waals surface area contributed by atoms with Crippen LogP contribution in [0.5, 0.6) is 5.75 Å². The van der Waals surface area contributed by atoms with E-state index < -0.39 is 0 Å². The summed E-state index contributed by atoms with van der Waals surface area (Å²) in [6, 6.07) is 7.54. The zero-order valence-corrected chi connectivity index (χ0v) is 11.5. The Hall–Kier alpha value is -2.03. The van der Waals surface area contributed by atoms with Crippen LogP contribution in [0.2, 0.25) is 0 Å². The second-order valence-electron chi connectivity index (χ2n) is 3.99. The Kier molecular flexibility index (Phi) is 6.44. The molecule has 1 aromatic carbocycles. The van der Waals surface area contributed by atoms with Crippen molar-refractivity contribution in [1.82, 2.24) is 0 Å². The van der Waals surface area contributed by atoms with Gasteiger partial charge in [0, 0.05) is 5.57 Å². The highest BCUT2D eigenvalue weighted by Gasteiger charge is 2.09. The molecule has 102 valence electrons. The summed E-state index contributed by atoms with van der Waals surface area (Å²) >= 11 is 0. The summed E-state index contributed by atoms with van der Waals surface area (Å²) in [5.74, 6) is 0.529. The van der Waals surface area contributed by atoms with Gasteiger partial charge in [-0.25, -0.2) is 4.79 Å². The molecule has 19 heavy (non-hydrogen) atoms. The van der Waals surface area contributed by atoms with Crippen LogP contribution in [0, 0.1) is 0 Å². The second-order valence-corrected chi connectivity index (χ2v) is 3.99. The van der Waals surface area contributed by atoms with E-state index in [0.29, 0.717) is 18.6 Å². The molecule has 0 amide bonds. The molecule has 1 rings (SSSR count). The number of esters is 1.